The van der Waals surface area contributed by atoms with Crippen molar-refractivity contribution < 1.29 is 4.52 Å². The summed E-state index contributed by atoms with van der Waals surface area (Å²) >= 11 is 0. The zero-order valence-corrected chi connectivity index (χ0v) is 16.9. The molecule has 28 heavy (non-hydrogen) atoms. The molecule has 1 aliphatic rings. The molecule has 0 bridgehead atoms. The zero-order chi connectivity index (χ0) is 19.9. The highest BCUT2D eigenvalue weighted by Gasteiger charge is 2.45. The molecule has 2 aromatic carbocycles. The van der Waals surface area contributed by atoms with Crippen molar-refractivity contribution in [1.82, 2.24) is 5.16 Å². The van der Waals surface area contributed by atoms with Gasteiger partial charge in [-0.2, -0.15) is 0 Å². The van der Waals surface area contributed by atoms with E-state index >= 15 is 0 Å². The zero-order valence-electron chi connectivity index (χ0n) is 16.9. The maximum absolute atomic E-state index is 7.57. The molecule has 3 aromatic rings. The SMILES string of the molecule is [C-]#[N+]C1(c2ccc(N(C)c3cc(-c4c(C)noc4C)ccc3C)cc2)CCC1. The predicted octanol–water partition coefficient (Wildman–Crippen LogP) is 6.33. The van der Waals surface area contributed by atoms with Gasteiger partial charge in [0.15, 0.2) is 0 Å². The highest BCUT2D eigenvalue weighted by atomic mass is 16.5. The summed E-state index contributed by atoms with van der Waals surface area (Å²) in [6.45, 7) is 13.6. The minimum Gasteiger partial charge on any atom is -0.361 e. The molecule has 1 saturated carbocycles. The number of benzene rings is 2. The van der Waals surface area contributed by atoms with Crippen molar-refractivity contribution in [2.75, 3.05) is 11.9 Å². The largest absolute Gasteiger partial charge is 0.361 e. The van der Waals surface area contributed by atoms with Gasteiger partial charge in [-0.1, -0.05) is 17.3 Å². The molecule has 0 amide bonds. The van der Waals surface area contributed by atoms with Crippen LogP contribution in [0.2, 0.25) is 0 Å². The second kappa shape index (κ2) is 6.83. The van der Waals surface area contributed by atoms with Crippen molar-refractivity contribution in [2.24, 2.45) is 0 Å². The van der Waals surface area contributed by atoms with Crippen LogP contribution in [0.3, 0.4) is 0 Å². The predicted molar refractivity (Wildman–Crippen MR) is 113 cm³/mol. The maximum atomic E-state index is 7.57. The summed E-state index contributed by atoms with van der Waals surface area (Å²) in [6.07, 6.45) is 3.10. The first-order chi connectivity index (χ1) is 13.4. The summed E-state index contributed by atoms with van der Waals surface area (Å²) in [4.78, 5) is 6.12. The molecule has 1 heterocycles. The molecule has 0 unspecified atom stereocenters. The number of rotatable bonds is 4. The van der Waals surface area contributed by atoms with E-state index in [0.717, 1.165) is 58.8 Å². The molecular weight excluding hydrogens is 346 g/mol. The van der Waals surface area contributed by atoms with Crippen LogP contribution in [0.5, 0.6) is 0 Å². The Labute approximate surface area is 166 Å². The van der Waals surface area contributed by atoms with Crippen molar-refractivity contribution in [1.29, 1.82) is 0 Å². The Balaban J connectivity index is 1.67. The Morgan fingerprint density at radius 1 is 1.07 bits per heavy atom. The number of anilines is 2. The van der Waals surface area contributed by atoms with Gasteiger partial charge >= 0.3 is 0 Å². The second-order valence-electron chi connectivity index (χ2n) is 7.80. The lowest BCUT2D eigenvalue weighted by atomic mass is 9.72. The molecule has 4 rings (SSSR count). The van der Waals surface area contributed by atoms with Gasteiger partial charge in [-0.05, 0) is 68.7 Å². The van der Waals surface area contributed by atoms with E-state index in [9.17, 15) is 0 Å². The van der Waals surface area contributed by atoms with Gasteiger partial charge in [0.25, 0.3) is 5.54 Å². The first-order valence-corrected chi connectivity index (χ1v) is 9.72. The highest BCUT2D eigenvalue weighted by molar-refractivity contribution is 5.76. The number of nitrogens with zero attached hydrogens (tertiary/aromatic N) is 3. The lowest BCUT2D eigenvalue weighted by Crippen LogP contribution is -2.30. The number of aromatic nitrogens is 1. The molecule has 4 heteroatoms. The van der Waals surface area contributed by atoms with Gasteiger partial charge in [0, 0.05) is 42.4 Å². The number of aryl methyl sites for hydroxylation is 3. The second-order valence-corrected chi connectivity index (χ2v) is 7.80. The Morgan fingerprint density at radius 3 is 2.32 bits per heavy atom. The van der Waals surface area contributed by atoms with Gasteiger partial charge in [0.1, 0.15) is 5.76 Å². The molecule has 0 radical (unpaired) electrons. The fourth-order valence-electron chi connectivity index (χ4n) is 4.13. The van der Waals surface area contributed by atoms with Crippen LogP contribution in [-0.4, -0.2) is 12.2 Å². The summed E-state index contributed by atoms with van der Waals surface area (Å²) < 4.78 is 5.35. The van der Waals surface area contributed by atoms with Crippen LogP contribution in [0.1, 0.15) is 41.8 Å². The Kier molecular flexibility index (Phi) is 4.47. The standard InChI is InChI=1S/C24H25N3O/c1-16-7-8-19(23-17(2)26-28-18(23)3)15-22(16)27(5)21-11-9-20(10-12-21)24(25-4)13-6-14-24/h7-12,15H,6,13-14H2,1-3,5H3. The molecule has 0 N–H and O–H groups in total. The van der Waals surface area contributed by atoms with Gasteiger partial charge in [-0.25, -0.2) is 6.57 Å². The smallest absolute Gasteiger partial charge is 0.257 e. The van der Waals surface area contributed by atoms with Crippen LogP contribution in [-0.2, 0) is 5.54 Å². The van der Waals surface area contributed by atoms with E-state index in [4.69, 9.17) is 11.1 Å². The van der Waals surface area contributed by atoms with Gasteiger partial charge in [-0.3, -0.25) is 0 Å². The van der Waals surface area contributed by atoms with Gasteiger partial charge in [-0.15, -0.1) is 0 Å². The molecule has 1 fully saturated rings. The first kappa shape index (κ1) is 18.3. The van der Waals surface area contributed by atoms with E-state index in [0.29, 0.717) is 0 Å². The molecule has 142 valence electrons. The topological polar surface area (TPSA) is 33.6 Å². The van der Waals surface area contributed by atoms with E-state index in [1.807, 2.05) is 13.8 Å². The minimum atomic E-state index is -0.281. The third-order valence-electron chi connectivity index (χ3n) is 6.08. The third kappa shape index (κ3) is 2.88. The van der Waals surface area contributed by atoms with Crippen molar-refractivity contribution in [3.05, 3.63) is 76.5 Å². The quantitative estimate of drug-likeness (QED) is 0.502. The van der Waals surface area contributed by atoms with E-state index < -0.39 is 0 Å². The van der Waals surface area contributed by atoms with Crippen molar-refractivity contribution >= 4 is 11.4 Å². The monoisotopic (exact) mass is 371 g/mol. The molecule has 1 aromatic heterocycles. The Bertz CT molecular complexity index is 1030. The van der Waals surface area contributed by atoms with Crippen molar-refractivity contribution in [2.45, 2.75) is 45.6 Å². The van der Waals surface area contributed by atoms with Gasteiger partial charge in [0.2, 0.25) is 0 Å². The van der Waals surface area contributed by atoms with E-state index in [1.54, 1.807) is 0 Å². The number of hydrogen-bond donors (Lipinski definition) is 0. The molecule has 0 aliphatic heterocycles. The summed E-state index contributed by atoms with van der Waals surface area (Å²) in [7, 11) is 2.09. The summed E-state index contributed by atoms with van der Waals surface area (Å²) in [5.74, 6) is 0.837. The van der Waals surface area contributed by atoms with Crippen LogP contribution in [0.25, 0.3) is 16.0 Å². The van der Waals surface area contributed by atoms with Crippen LogP contribution in [0, 0.1) is 27.3 Å². The van der Waals surface area contributed by atoms with Crippen LogP contribution < -0.4 is 4.90 Å². The molecule has 4 nitrogen and oxygen atoms in total. The van der Waals surface area contributed by atoms with Crippen molar-refractivity contribution in [3.8, 4) is 11.1 Å². The average molecular weight is 371 g/mol. The lowest BCUT2D eigenvalue weighted by Gasteiger charge is -2.31. The lowest BCUT2D eigenvalue weighted by molar-refractivity contribution is 0.310. The fourth-order valence-corrected chi connectivity index (χ4v) is 4.13. The fraction of sp³-hybridized carbons (Fsp3) is 0.333. The van der Waals surface area contributed by atoms with E-state index in [2.05, 4.69) is 71.3 Å². The normalized spacial score (nSPS) is 15.0. The minimum absolute atomic E-state index is 0.281. The highest BCUT2D eigenvalue weighted by Crippen LogP contribution is 2.45. The first-order valence-electron chi connectivity index (χ1n) is 9.72. The van der Waals surface area contributed by atoms with Crippen molar-refractivity contribution in [3.63, 3.8) is 0 Å². The van der Waals surface area contributed by atoms with Crippen LogP contribution in [0.4, 0.5) is 11.4 Å². The van der Waals surface area contributed by atoms with Crippen LogP contribution in [0.15, 0.2) is 47.0 Å². The summed E-state index contributed by atoms with van der Waals surface area (Å²) in [5.41, 5.74) is 7.41. The molecule has 0 spiro atoms. The number of hydrogen-bond acceptors (Lipinski definition) is 3. The Morgan fingerprint density at radius 2 is 1.79 bits per heavy atom. The summed E-state index contributed by atoms with van der Waals surface area (Å²) in [5, 5.41) is 4.09. The van der Waals surface area contributed by atoms with Gasteiger partial charge in [0.05, 0.1) is 5.69 Å². The third-order valence-corrected chi connectivity index (χ3v) is 6.08. The summed E-state index contributed by atoms with van der Waals surface area (Å²) in [6, 6.07) is 15.0. The van der Waals surface area contributed by atoms with E-state index in [1.165, 1.54) is 5.56 Å². The van der Waals surface area contributed by atoms with Gasteiger partial charge < -0.3 is 14.3 Å². The molecule has 0 atom stereocenters. The maximum Gasteiger partial charge on any atom is 0.257 e. The van der Waals surface area contributed by atoms with Crippen LogP contribution >= 0.6 is 0 Å². The average Bonchev–Trinajstić information content (AvgIpc) is 3.00. The molecule has 1 aliphatic carbocycles. The van der Waals surface area contributed by atoms with E-state index in [-0.39, 0.29) is 5.54 Å². The Hall–Kier alpha value is -3.06. The molecular formula is C24H25N3O. The molecule has 0 saturated heterocycles.